The Hall–Kier alpha value is -2.63. The summed E-state index contributed by atoms with van der Waals surface area (Å²) in [5.41, 5.74) is 0.755. The lowest BCUT2D eigenvalue weighted by molar-refractivity contribution is -0.121. The maximum atomic E-state index is 13.2. The summed E-state index contributed by atoms with van der Waals surface area (Å²) in [5.74, 6) is -3.04. The van der Waals surface area contributed by atoms with Crippen molar-refractivity contribution in [1.29, 1.82) is 0 Å². The summed E-state index contributed by atoms with van der Waals surface area (Å²) >= 11 is 0. The minimum absolute atomic E-state index is 0.0258. The molecular weight excluding hydrogens is 319 g/mol. The van der Waals surface area contributed by atoms with Crippen molar-refractivity contribution in [2.45, 2.75) is 25.8 Å². The zero-order valence-electron chi connectivity index (χ0n) is 13.0. The Morgan fingerprint density at radius 2 is 1.62 bits per heavy atom. The third kappa shape index (κ3) is 4.68. The van der Waals surface area contributed by atoms with E-state index in [9.17, 15) is 22.8 Å². The summed E-state index contributed by atoms with van der Waals surface area (Å²) in [4.78, 5) is 23.8. The molecule has 0 unspecified atom stereocenters. The fraction of sp³-hybridized carbons (Fsp3) is 0.222. The van der Waals surface area contributed by atoms with Gasteiger partial charge >= 0.3 is 0 Å². The van der Waals surface area contributed by atoms with Crippen LogP contribution in [0.15, 0.2) is 42.5 Å². The molecule has 1 amide bonds. The van der Waals surface area contributed by atoms with E-state index in [1.54, 1.807) is 6.92 Å². The first-order chi connectivity index (χ1) is 11.4. The van der Waals surface area contributed by atoms with Crippen molar-refractivity contribution in [2.24, 2.45) is 0 Å². The highest BCUT2D eigenvalue weighted by Gasteiger charge is 2.14. The number of ketones is 1. The molecule has 0 fully saturated rings. The maximum absolute atomic E-state index is 13.2. The minimum Gasteiger partial charge on any atom is -0.350 e. The molecule has 3 nitrogen and oxygen atoms in total. The Balaban J connectivity index is 1.87. The van der Waals surface area contributed by atoms with Crippen LogP contribution in [0.25, 0.3) is 0 Å². The molecule has 1 atom stereocenters. The number of benzene rings is 2. The monoisotopic (exact) mass is 335 g/mol. The van der Waals surface area contributed by atoms with Crippen LogP contribution in [0.4, 0.5) is 13.2 Å². The minimum atomic E-state index is -0.986. The van der Waals surface area contributed by atoms with Gasteiger partial charge in [-0.2, -0.15) is 0 Å². The summed E-state index contributed by atoms with van der Waals surface area (Å²) in [6, 6.07) is 7.95. The van der Waals surface area contributed by atoms with E-state index in [1.165, 1.54) is 30.3 Å². The van der Waals surface area contributed by atoms with Crippen molar-refractivity contribution < 1.29 is 22.8 Å². The molecule has 2 aromatic rings. The molecule has 0 bridgehead atoms. The van der Waals surface area contributed by atoms with E-state index in [1.807, 2.05) is 0 Å². The molecule has 6 heteroatoms. The van der Waals surface area contributed by atoms with Gasteiger partial charge in [-0.3, -0.25) is 9.59 Å². The summed E-state index contributed by atoms with van der Waals surface area (Å²) in [6.45, 7) is 1.63. The molecule has 0 saturated carbocycles. The second-order valence-corrected chi connectivity index (χ2v) is 5.39. The first-order valence-electron chi connectivity index (χ1n) is 7.40. The van der Waals surface area contributed by atoms with Crippen LogP contribution in [0, 0.1) is 17.5 Å². The molecule has 0 spiro atoms. The molecule has 126 valence electrons. The van der Waals surface area contributed by atoms with Crippen molar-refractivity contribution in [3.05, 3.63) is 71.0 Å². The van der Waals surface area contributed by atoms with E-state index in [-0.39, 0.29) is 24.5 Å². The number of nitrogens with one attached hydrogen (secondary N) is 1. The fourth-order valence-corrected chi connectivity index (χ4v) is 2.19. The van der Waals surface area contributed by atoms with Gasteiger partial charge < -0.3 is 5.32 Å². The average Bonchev–Trinajstić information content (AvgIpc) is 2.55. The number of hydrogen-bond donors (Lipinski definition) is 1. The lowest BCUT2D eigenvalue weighted by Gasteiger charge is -2.14. The molecule has 0 radical (unpaired) electrons. The van der Waals surface area contributed by atoms with Gasteiger partial charge in [-0.15, -0.1) is 0 Å². The molecule has 2 aromatic carbocycles. The van der Waals surface area contributed by atoms with Gasteiger partial charge in [-0.25, -0.2) is 13.2 Å². The number of rotatable bonds is 6. The molecule has 0 saturated heterocycles. The van der Waals surface area contributed by atoms with Gasteiger partial charge in [0.15, 0.2) is 17.4 Å². The summed E-state index contributed by atoms with van der Waals surface area (Å²) < 4.78 is 38.9. The SMILES string of the molecule is C[C@H](NC(=O)CCC(=O)c1ccc(F)cc1)c1ccc(F)c(F)c1. The van der Waals surface area contributed by atoms with Crippen LogP contribution in [-0.4, -0.2) is 11.7 Å². The number of hydrogen-bond acceptors (Lipinski definition) is 2. The van der Waals surface area contributed by atoms with E-state index in [2.05, 4.69) is 5.32 Å². The van der Waals surface area contributed by atoms with Gasteiger partial charge in [0.25, 0.3) is 0 Å². The van der Waals surface area contributed by atoms with Crippen molar-refractivity contribution in [2.75, 3.05) is 0 Å². The van der Waals surface area contributed by atoms with Gasteiger partial charge in [-0.05, 0) is 48.9 Å². The standard InChI is InChI=1S/C18H16F3NO2/c1-11(13-4-7-15(20)16(21)10-13)22-18(24)9-8-17(23)12-2-5-14(19)6-3-12/h2-7,10-11H,8-9H2,1H3,(H,22,24)/t11-/m0/s1. The predicted octanol–water partition coefficient (Wildman–Crippen LogP) is 3.94. The first kappa shape index (κ1) is 17.7. The van der Waals surface area contributed by atoms with Crippen LogP contribution >= 0.6 is 0 Å². The average molecular weight is 335 g/mol. The molecule has 0 aliphatic heterocycles. The zero-order chi connectivity index (χ0) is 17.7. The number of carbonyl (C=O) groups excluding carboxylic acids is 2. The third-order valence-electron chi connectivity index (χ3n) is 3.57. The van der Waals surface area contributed by atoms with E-state index in [0.717, 1.165) is 12.1 Å². The van der Waals surface area contributed by atoms with Crippen molar-refractivity contribution in [3.8, 4) is 0 Å². The first-order valence-corrected chi connectivity index (χ1v) is 7.40. The molecule has 24 heavy (non-hydrogen) atoms. The van der Waals surface area contributed by atoms with Crippen LogP contribution in [0.2, 0.25) is 0 Å². The van der Waals surface area contributed by atoms with Crippen LogP contribution in [0.5, 0.6) is 0 Å². The van der Waals surface area contributed by atoms with Gasteiger partial charge in [0, 0.05) is 18.4 Å². The second kappa shape index (κ2) is 7.77. The smallest absolute Gasteiger partial charge is 0.220 e. The molecule has 0 heterocycles. The van der Waals surface area contributed by atoms with Crippen molar-refractivity contribution in [1.82, 2.24) is 5.32 Å². The molecular formula is C18H16F3NO2. The molecule has 0 aliphatic carbocycles. The highest BCUT2D eigenvalue weighted by molar-refractivity contribution is 5.97. The Morgan fingerprint density at radius 3 is 2.25 bits per heavy atom. The summed E-state index contributed by atoms with van der Waals surface area (Å²) in [5, 5.41) is 2.62. The van der Waals surface area contributed by atoms with Crippen LogP contribution in [0.1, 0.15) is 41.7 Å². The Morgan fingerprint density at radius 1 is 0.958 bits per heavy atom. The Labute approximate surface area is 137 Å². The second-order valence-electron chi connectivity index (χ2n) is 5.39. The van der Waals surface area contributed by atoms with Crippen LogP contribution in [0.3, 0.4) is 0 Å². The van der Waals surface area contributed by atoms with E-state index in [0.29, 0.717) is 11.1 Å². The topological polar surface area (TPSA) is 46.2 Å². The number of halogens is 3. The van der Waals surface area contributed by atoms with E-state index in [4.69, 9.17) is 0 Å². The van der Waals surface area contributed by atoms with Crippen molar-refractivity contribution >= 4 is 11.7 Å². The lowest BCUT2D eigenvalue weighted by Crippen LogP contribution is -2.27. The Kier molecular flexibility index (Phi) is 5.73. The van der Waals surface area contributed by atoms with Gasteiger partial charge in [0.2, 0.25) is 5.91 Å². The molecule has 0 aromatic heterocycles. The van der Waals surface area contributed by atoms with Gasteiger partial charge in [0.1, 0.15) is 5.82 Å². The van der Waals surface area contributed by atoms with E-state index < -0.39 is 23.5 Å². The van der Waals surface area contributed by atoms with Crippen molar-refractivity contribution in [3.63, 3.8) is 0 Å². The van der Waals surface area contributed by atoms with E-state index >= 15 is 0 Å². The highest BCUT2D eigenvalue weighted by atomic mass is 19.2. The van der Waals surface area contributed by atoms with Crippen LogP contribution in [-0.2, 0) is 4.79 Å². The number of carbonyl (C=O) groups is 2. The number of amides is 1. The predicted molar refractivity (Wildman–Crippen MR) is 82.9 cm³/mol. The quantitative estimate of drug-likeness (QED) is 0.813. The number of Topliss-reactive ketones (excluding diaryl/α,β-unsaturated/α-hetero) is 1. The summed E-state index contributed by atoms with van der Waals surface area (Å²) in [6.07, 6.45) is -0.0772. The Bertz CT molecular complexity index is 744. The molecule has 2 rings (SSSR count). The molecule has 1 N–H and O–H groups in total. The third-order valence-corrected chi connectivity index (χ3v) is 3.57. The zero-order valence-corrected chi connectivity index (χ0v) is 13.0. The normalized spacial score (nSPS) is 11.8. The highest BCUT2D eigenvalue weighted by Crippen LogP contribution is 2.16. The summed E-state index contributed by atoms with van der Waals surface area (Å²) in [7, 11) is 0. The largest absolute Gasteiger partial charge is 0.350 e. The van der Waals surface area contributed by atoms with Crippen LogP contribution < -0.4 is 5.32 Å². The molecule has 0 aliphatic rings. The fourth-order valence-electron chi connectivity index (χ4n) is 2.19. The van der Waals surface area contributed by atoms with Gasteiger partial charge in [-0.1, -0.05) is 6.07 Å². The maximum Gasteiger partial charge on any atom is 0.220 e. The van der Waals surface area contributed by atoms with Gasteiger partial charge in [0.05, 0.1) is 6.04 Å². The lowest BCUT2D eigenvalue weighted by atomic mass is 10.1.